The number of anilines is 2. The number of ether oxygens (including phenoxy) is 1. The Morgan fingerprint density at radius 1 is 1.12 bits per heavy atom. The fourth-order valence-corrected chi connectivity index (χ4v) is 4.29. The van der Waals surface area contributed by atoms with Crippen molar-refractivity contribution in [2.45, 2.75) is 13.0 Å². The summed E-state index contributed by atoms with van der Waals surface area (Å²) < 4.78 is 5.79. The van der Waals surface area contributed by atoms with Crippen molar-refractivity contribution in [1.29, 1.82) is 5.26 Å². The maximum atomic E-state index is 13.1. The van der Waals surface area contributed by atoms with Crippen molar-refractivity contribution < 1.29 is 9.53 Å². The molecule has 0 spiro atoms. The minimum atomic E-state index is -0.201. The van der Waals surface area contributed by atoms with Gasteiger partial charge in [0, 0.05) is 29.8 Å². The first-order chi connectivity index (χ1) is 16.0. The Kier molecular flexibility index (Phi) is 5.33. The first-order valence-corrected chi connectivity index (χ1v) is 10.9. The zero-order chi connectivity index (χ0) is 22.9. The van der Waals surface area contributed by atoms with Crippen LogP contribution in [-0.4, -0.2) is 31.5 Å². The van der Waals surface area contributed by atoms with Gasteiger partial charge in [-0.15, -0.1) is 0 Å². The van der Waals surface area contributed by atoms with Crippen LogP contribution in [0.15, 0.2) is 60.7 Å². The number of carbonyl (C=O) groups excluding carboxylic acids is 1. The lowest BCUT2D eigenvalue weighted by Crippen LogP contribution is -2.11. The Morgan fingerprint density at radius 2 is 1.94 bits per heavy atom. The molecule has 2 N–H and O–H groups in total. The van der Waals surface area contributed by atoms with E-state index in [9.17, 15) is 10.1 Å². The summed E-state index contributed by atoms with van der Waals surface area (Å²) in [5.41, 5.74) is 7.31. The van der Waals surface area contributed by atoms with Gasteiger partial charge in [-0.05, 0) is 55.6 Å². The van der Waals surface area contributed by atoms with Gasteiger partial charge >= 0.3 is 0 Å². The smallest absolute Gasteiger partial charge is 0.258 e. The van der Waals surface area contributed by atoms with E-state index in [0.29, 0.717) is 29.1 Å². The quantitative estimate of drug-likeness (QED) is 0.577. The standard InChI is InChI=1S/C27H24N4O2/c1-31(2)16-17-3-8-21(9-4-17)29-26(20-7-6-19-11-12-33-24(19)14-20)25-22-10-5-18(15-28)13-23(22)30-27(25)32/h3-10,13-14,29H,11-12,16H2,1-2H3,(H,30,32)/b26-25-. The van der Waals surface area contributed by atoms with Crippen LogP contribution in [0.1, 0.15) is 27.8 Å². The summed E-state index contributed by atoms with van der Waals surface area (Å²) in [6, 6.07) is 21.7. The van der Waals surface area contributed by atoms with Crippen molar-refractivity contribution in [2.24, 2.45) is 0 Å². The lowest BCUT2D eigenvalue weighted by molar-refractivity contribution is -0.110. The molecule has 2 aliphatic rings. The first-order valence-electron chi connectivity index (χ1n) is 10.9. The van der Waals surface area contributed by atoms with Crippen LogP contribution in [0.5, 0.6) is 5.75 Å². The molecule has 6 heteroatoms. The number of nitrogens with one attached hydrogen (secondary N) is 2. The van der Waals surface area contributed by atoms with E-state index in [0.717, 1.165) is 35.5 Å². The van der Waals surface area contributed by atoms with Gasteiger partial charge in [0.05, 0.1) is 35.2 Å². The number of nitriles is 1. The highest BCUT2D eigenvalue weighted by Gasteiger charge is 2.29. The van der Waals surface area contributed by atoms with E-state index >= 15 is 0 Å². The monoisotopic (exact) mass is 436 g/mol. The summed E-state index contributed by atoms with van der Waals surface area (Å²) in [4.78, 5) is 15.2. The van der Waals surface area contributed by atoms with Gasteiger partial charge in [0.15, 0.2) is 0 Å². The second-order valence-electron chi connectivity index (χ2n) is 8.56. The lowest BCUT2D eigenvalue weighted by atomic mass is 9.98. The highest BCUT2D eigenvalue weighted by Crippen LogP contribution is 2.39. The normalized spacial score (nSPS) is 15.4. The maximum Gasteiger partial charge on any atom is 0.258 e. The van der Waals surface area contributed by atoms with Crippen molar-refractivity contribution in [3.05, 3.63) is 88.5 Å². The summed E-state index contributed by atoms with van der Waals surface area (Å²) in [6.07, 6.45) is 0.891. The molecule has 1 amide bonds. The van der Waals surface area contributed by atoms with Crippen LogP contribution in [0.4, 0.5) is 11.4 Å². The Labute approximate surface area is 193 Å². The molecule has 33 heavy (non-hydrogen) atoms. The van der Waals surface area contributed by atoms with Crippen molar-refractivity contribution in [3.63, 3.8) is 0 Å². The van der Waals surface area contributed by atoms with Crippen LogP contribution >= 0.6 is 0 Å². The van der Waals surface area contributed by atoms with Gasteiger partial charge in [-0.25, -0.2) is 0 Å². The third-order valence-electron chi connectivity index (χ3n) is 5.85. The molecular formula is C27H24N4O2. The number of hydrogen-bond acceptors (Lipinski definition) is 5. The van der Waals surface area contributed by atoms with Crippen molar-refractivity contribution >= 4 is 28.6 Å². The fourth-order valence-electron chi connectivity index (χ4n) is 4.29. The van der Waals surface area contributed by atoms with Crippen LogP contribution in [0.3, 0.4) is 0 Å². The zero-order valence-corrected chi connectivity index (χ0v) is 18.6. The van der Waals surface area contributed by atoms with Gasteiger partial charge in [-0.1, -0.05) is 30.3 Å². The molecule has 2 heterocycles. The van der Waals surface area contributed by atoms with Gasteiger partial charge < -0.3 is 20.3 Å². The fraction of sp³-hybridized carbons (Fsp3) is 0.185. The number of carbonyl (C=O) groups is 1. The SMILES string of the molecule is CN(C)Cc1ccc(N/C(=C2\C(=O)Nc3cc(C#N)ccc32)c2ccc3c(c2)OCC3)cc1. The highest BCUT2D eigenvalue weighted by molar-refractivity contribution is 6.37. The molecule has 3 aromatic rings. The van der Waals surface area contributed by atoms with E-state index in [1.165, 1.54) is 11.1 Å². The van der Waals surface area contributed by atoms with E-state index in [-0.39, 0.29) is 5.91 Å². The summed E-state index contributed by atoms with van der Waals surface area (Å²) >= 11 is 0. The Hall–Kier alpha value is -4.08. The summed E-state index contributed by atoms with van der Waals surface area (Å²) in [6.45, 7) is 1.53. The number of rotatable bonds is 5. The van der Waals surface area contributed by atoms with Crippen LogP contribution in [0.2, 0.25) is 0 Å². The second kappa shape index (κ2) is 8.45. The molecule has 0 radical (unpaired) electrons. The van der Waals surface area contributed by atoms with E-state index in [1.807, 2.05) is 44.4 Å². The van der Waals surface area contributed by atoms with Crippen LogP contribution in [0.25, 0.3) is 11.3 Å². The van der Waals surface area contributed by atoms with E-state index in [1.54, 1.807) is 12.1 Å². The Balaban J connectivity index is 1.61. The molecule has 0 saturated carbocycles. The summed E-state index contributed by atoms with van der Waals surface area (Å²) in [5, 5.41) is 15.7. The Morgan fingerprint density at radius 3 is 2.70 bits per heavy atom. The topological polar surface area (TPSA) is 77.4 Å². The van der Waals surface area contributed by atoms with Crippen molar-refractivity contribution in [3.8, 4) is 11.8 Å². The lowest BCUT2D eigenvalue weighted by Gasteiger charge is -2.16. The molecule has 164 valence electrons. The zero-order valence-electron chi connectivity index (χ0n) is 18.6. The predicted molar refractivity (Wildman–Crippen MR) is 130 cm³/mol. The largest absolute Gasteiger partial charge is 0.493 e. The molecule has 0 atom stereocenters. The molecule has 0 aliphatic carbocycles. The second-order valence-corrected chi connectivity index (χ2v) is 8.56. The third kappa shape index (κ3) is 4.07. The van der Waals surface area contributed by atoms with Gasteiger partial charge in [-0.3, -0.25) is 4.79 Å². The van der Waals surface area contributed by atoms with E-state index in [4.69, 9.17) is 4.74 Å². The third-order valence-corrected chi connectivity index (χ3v) is 5.85. The number of hydrogen-bond donors (Lipinski definition) is 2. The minimum absolute atomic E-state index is 0.201. The maximum absolute atomic E-state index is 13.1. The molecule has 6 nitrogen and oxygen atoms in total. The van der Waals surface area contributed by atoms with Gasteiger partial charge in [-0.2, -0.15) is 5.26 Å². The summed E-state index contributed by atoms with van der Waals surface area (Å²) in [5.74, 6) is 0.653. The van der Waals surface area contributed by atoms with Crippen LogP contribution in [0, 0.1) is 11.3 Å². The highest BCUT2D eigenvalue weighted by atomic mass is 16.5. The number of benzene rings is 3. The van der Waals surface area contributed by atoms with E-state index < -0.39 is 0 Å². The number of amides is 1. The molecule has 3 aromatic carbocycles. The first kappa shape index (κ1) is 20.8. The van der Waals surface area contributed by atoms with Crippen LogP contribution in [-0.2, 0) is 17.8 Å². The van der Waals surface area contributed by atoms with Gasteiger partial charge in [0.25, 0.3) is 5.91 Å². The molecule has 0 bridgehead atoms. The minimum Gasteiger partial charge on any atom is -0.493 e. The van der Waals surface area contributed by atoms with E-state index in [2.05, 4.69) is 39.8 Å². The van der Waals surface area contributed by atoms with Crippen molar-refractivity contribution in [2.75, 3.05) is 31.3 Å². The molecular weight excluding hydrogens is 412 g/mol. The number of fused-ring (bicyclic) bond motifs is 2. The molecule has 0 fully saturated rings. The molecule has 0 aromatic heterocycles. The van der Waals surface area contributed by atoms with Gasteiger partial charge in [0.1, 0.15) is 5.75 Å². The molecule has 0 unspecified atom stereocenters. The predicted octanol–water partition coefficient (Wildman–Crippen LogP) is 4.49. The average Bonchev–Trinajstić information content (AvgIpc) is 3.40. The van der Waals surface area contributed by atoms with Gasteiger partial charge in [0.2, 0.25) is 0 Å². The van der Waals surface area contributed by atoms with Crippen LogP contribution < -0.4 is 15.4 Å². The summed E-state index contributed by atoms with van der Waals surface area (Å²) in [7, 11) is 4.08. The Bertz CT molecular complexity index is 1320. The van der Waals surface area contributed by atoms with Crippen molar-refractivity contribution in [1.82, 2.24) is 4.90 Å². The number of nitrogens with zero attached hydrogens (tertiary/aromatic N) is 2. The average molecular weight is 437 g/mol. The molecule has 0 saturated heterocycles. The molecule has 2 aliphatic heterocycles. The molecule has 5 rings (SSSR count).